The molecular weight excluding hydrogens is 378 g/mol. The zero-order valence-electron chi connectivity index (χ0n) is 17.5. The lowest BCUT2D eigenvalue weighted by Crippen LogP contribution is -2.42. The maximum absolute atomic E-state index is 12.7. The summed E-state index contributed by atoms with van der Waals surface area (Å²) in [5.41, 5.74) is 3.29. The fourth-order valence-corrected chi connectivity index (χ4v) is 4.37. The monoisotopic (exact) mass is 407 g/mol. The third-order valence-corrected chi connectivity index (χ3v) is 6.10. The number of hydrogen-bond acceptors (Lipinski definition) is 5. The van der Waals surface area contributed by atoms with Crippen molar-refractivity contribution in [1.29, 1.82) is 0 Å². The second-order valence-corrected chi connectivity index (χ2v) is 8.05. The largest absolute Gasteiger partial charge is 0.354 e. The maximum atomic E-state index is 12.7. The lowest BCUT2D eigenvalue weighted by molar-refractivity contribution is -0.133. The van der Waals surface area contributed by atoms with Crippen LogP contribution in [0.4, 0.5) is 0 Å². The quantitative estimate of drug-likeness (QED) is 0.824. The van der Waals surface area contributed by atoms with Gasteiger partial charge >= 0.3 is 0 Å². The number of rotatable bonds is 5. The van der Waals surface area contributed by atoms with Gasteiger partial charge in [0.25, 0.3) is 5.91 Å². The highest BCUT2D eigenvalue weighted by Gasteiger charge is 2.30. The summed E-state index contributed by atoms with van der Waals surface area (Å²) in [6, 6.07) is 7.89. The molecule has 0 aromatic carbocycles. The molecule has 2 fully saturated rings. The van der Waals surface area contributed by atoms with Gasteiger partial charge in [0.15, 0.2) is 0 Å². The van der Waals surface area contributed by atoms with Crippen molar-refractivity contribution in [3.8, 4) is 11.1 Å². The van der Waals surface area contributed by atoms with Gasteiger partial charge in [-0.3, -0.25) is 24.5 Å². The summed E-state index contributed by atoms with van der Waals surface area (Å²) in [6.07, 6.45) is 9.15. The molecule has 0 radical (unpaired) electrons. The van der Waals surface area contributed by atoms with Crippen molar-refractivity contribution in [3.63, 3.8) is 0 Å². The molecule has 2 amide bonds. The Kier molecular flexibility index (Phi) is 6.38. The number of aromatic nitrogens is 2. The molecule has 1 unspecified atom stereocenters. The maximum Gasteiger partial charge on any atom is 0.269 e. The topological polar surface area (TPSA) is 78.4 Å². The van der Waals surface area contributed by atoms with Crippen molar-refractivity contribution < 1.29 is 9.59 Å². The highest BCUT2D eigenvalue weighted by Crippen LogP contribution is 2.31. The van der Waals surface area contributed by atoms with Gasteiger partial charge in [-0.05, 0) is 50.8 Å². The van der Waals surface area contributed by atoms with Crippen molar-refractivity contribution in [1.82, 2.24) is 25.1 Å². The van der Waals surface area contributed by atoms with Gasteiger partial charge in [0.2, 0.25) is 5.91 Å². The minimum atomic E-state index is -0.199. The van der Waals surface area contributed by atoms with Crippen LogP contribution in [0.1, 0.15) is 54.3 Å². The normalized spacial score (nSPS) is 19.6. The second-order valence-electron chi connectivity index (χ2n) is 8.05. The van der Waals surface area contributed by atoms with Gasteiger partial charge < -0.3 is 10.2 Å². The van der Waals surface area contributed by atoms with E-state index in [1.807, 2.05) is 23.2 Å². The highest BCUT2D eigenvalue weighted by atomic mass is 16.2. The number of nitrogens with zero attached hydrogens (tertiary/aromatic N) is 4. The first kappa shape index (κ1) is 20.5. The molecule has 4 heterocycles. The molecule has 0 aliphatic carbocycles. The smallest absolute Gasteiger partial charge is 0.269 e. The highest BCUT2D eigenvalue weighted by molar-refractivity contribution is 5.92. The van der Waals surface area contributed by atoms with Crippen LogP contribution in [0.5, 0.6) is 0 Å². The van der Waals surface area contributed by atoms with Crippen molar-refractivity contribution in [2.45, 2.75) is 38.1 Å². The molecule has 2 aromatic heterocycles. The molecule has 30 heavy (non-hydrogen) atoms. The summed E-state index contributed by atoms with van der Waals surface area (Å²) in [5, 5.41) is 2.57. The van der Waals surface area contributed by atoms with Crippen molar-refractivity contribution in [2.75, 3.05) is 33.2 Å². The number of nitrogens with one attached hydrogen (secondary N) is 1. The van der Waals surface area contributed by atoms with Crippen LogP contribution in [-0.4, -0.2) is 64.8 Å². The number of piperidine rings is 1. The van der Waals surface area contributed by atoms with E-state index in [0.29, 0.717) is 12.2 Å². The van der Waals surface area contributed by atoms with E-state index in [1.165, 1.54) is 6.42 Å². The Morgan fingerprint density at radius 1 is 0.967 bits per heavy atom. The predicted molar refractivity (Wildman–Crippen MR) is 115 cm³/mol. The molecule has 0 spiro atoms. The molecule has 158 valence electrons. The number of hydrogen-bond donors (Lipinski definition) is 1. The first-order valence-electron chi connectivity index (χ1n) is 10.8. The fourth-order valence-electron chi connectivity index (χ4n) is 4.37. The van der Waals surface area contributed by atoms with Gasteiger partial charge in [-0.2, -0.15) is 0 Å². The molecule has 0 bridgehead atoms. The van der Waals surface area contributed by atoms with E-state index >= 15 is 0 Å². The van der Waals surface area contributed by atoms with Crippen LogP contribution in [0.25, 0.3) is 11.1 Å². The molecule has 7 nitrogen and oxygen atoms in total. The Morgan fingerprint density at radius 3 is 2.33 bits per heavy atom. The van der Waals surface area contributed by atoms with Gasteiger partial charge in [-0.25, -0.2) is 0 Å². The van der Waals surface area contributed by atoms with Crippen LogP contribution in [0.15, 0.2) is 36.7 Å². The Labute approximate surface area is 177 Å². The van der Waals surface area contributed by atoms with E-state index in [9.17, 15) is 9.59 Å². The minimum Gasteiger partial charge on any atom is -0.354 e. The van der Waals surface area contributed by atoms with E-state index in [4.69, 9.17) is 4.98 Å². The average Bonchev–Trinajstić information content (AvgIpc) is 3.27. The van der Waals surface area contributed by atoms with Crippen molar-refractivity contribution >= 4 is 11.8 Å². The molecule has 2 aliphatic heterocycles. The summed E-state index contributed by atoms with van der Waals surface area (Å²) in [5.74, 6) is 0.0518. The van der Waals surface area contributed by atoms with E-state index in [1.54, 1.807) is 19.3 Å². The molecule has 2 saturated heterocycles. The van der Waals surface area contributed by atoms with Crippen molar-refractivity contribution in [3.05, 3.63) is 48.0 Å². The molecule has 2 aliphatic rings. The van der Waals surface area contributed by atoms with Gasteiger partial charge in [0.05, 0.1) is 18.3 Å². The zero-order chi connectivity index (χ0) is 20.9. The van der Waals surface area contributed by atoms with E-state index < -0.39 is 0 Å². The van der Waals surface area contributed by atoms with Crippen LogP contribution in [0, 0.1) is 0 Å². The average molecular weight is 408 g/mol. The van der Waals surface area contributed by atoms with E-state index in [0.717, 1.165) is 62.1 Å². The van der Waals surface area contributed by atoms with Gasteiger partial charge in [0, 0.05) is 43.7 Å². The molecule has 7 heteroatoms. The standard InChI is InChI=1S/C23H29N5O2/c1-24-23(30)20-10-8-18(15-26-20)17-7-9-19(25-14-17)21-6-5-13-28(21)16-22(29)27-11-3-2-4-12-27/h7-10,14-15,21H,2-6,11-13,16H2,1H3,(H,24,30). The summed E-state index contributed by atoms with van der Waals surface area (Å²) in [4.78, 5) is 37.6. The molecule has 1 atom stereocenters. The number of carbonyl (C=O) groups is 2. The first-order chi connectivity index (χ1) is 14.7. The zero-order valence-corrected chi connectivity index (χ0v) is 17.5. The Morgan fingerprint density at radius 2 is 1.70 bits per heavy atom. The van der Waals surface area contributed by atoms with E-state index in [-0.39, 0.29) is 17.9 Å². The lowest BCUT2D eigenvalue weighted by atomic mass is 10.1. The molecule has 1 N–H and O–H groups in total. The summed E-state index contributed by atoms with van der Waals surface area (Å²) < 4.78 is 0. The second kappa shape index (κ2) is 9.34. The Balaban J connectivity index is 1.42. The van der Waals surface area contributed by atoms with Crippen LogP contribution >= 0.6 is 0 Å². The van der Waals surface area contributed by atoms with Crippen LogP contribution in [0.2, 0.25) is 0 Å². The van der Waals surface area contributed by atoms with Gasteiger partial charge in [-0.15, -0.1) is 0 Å². The van der Waals surface area contributed by atoms with Crippen LogP contribution in [-0.2, 0) is 4.79 Å². The summed E-state index contributed by atoms with van der Waals surface area (Å²) in [6.45, 7) is 3.23. The van der Waals surface area contributed by atoms with E-state index in [2.05, 4.69) is 21.3 Å². The van der Waals surface area contributed by atoms with Gasteiger partial charge in [0.1, 0.15) is 5.69 Å². The Bertz CT molecular complexity index is 875. The van der Waals surface area contributed by atoms with Crippen molar-refractivity contribution in [2.24, 2.45) is 0 Å². The molecule has 4 rings (SSSR count). The summed E-state index contributed by atoms with van der Waals surface area (Å²) >= 11 is 0. The third-order valence-electron chi connectivity index (χ3n) is 6.10. The minimum absolute atomic E-state index is 0.196. The molecule has 2 aromatic rings. The fraction of sp³-hybridized carbons (Fsp3) is 0.478. The molecular formula is C23H29N5O2. The van der Waals surface area contributed by atoms with Gasteiger partial charge in [-0.1, -0.05) is 12.1 Å². The first-order valence-corrected chi connectivity index (χ1v) is 10.8. The van der Waals surface area contributed by atoms with Crippen LogP contribution < -0.4 is 5.32 Å². The molecule has 0 saturated carbocycles. The SMILES string of the molecule is CNC(=O)c1ccc(-c2ccc(C3CCCN3CC(=O)N3CCCCC3)nc2)cn1. The van der Waals surface area contributed by atoms with Crippen LogP contribution in [0.3, 0.4) is 0 Å². The Hall–Kier alpha value is -2.80. The number of pyridine rings is 2. The third kappa shape index (κ3) is 4.51. The number of likely N-dealkylation sites (tertiary alicyclic amines) is 2. The summed E-state index contributed by atoms with van der Waals surface area (Å²) in [7, 11) is 1.59. The number of carbonyl (C=O) groups excluding carboxylic acids is 2. The lowest BCUT2D eigenvalue weighted by Gasteiger charge is -2.30. The number of amides is 2. The predicted octanol–water partition coefficient (Wildman–Crippen LogP) is 2.65.